The van der Waals surface area contributed by atoms with Crippen molar-refractivity contribution in [2.24, 2.45) is 0 Å². The Balaban J connectivity index is 2.99. The van der Waals surface area contributed by atoms with Crippen molar-refractivity contribution in [2.75, 3.05) is 0 Å². The van der Waals surface area contributed by atoms with Gasteiger partial charge in [0.2, 0.25) is 5.91 Å². The minimum atomic E-state index is -1.01. The third-order valence-corrected chi connectivity index (χ3v) is 4.80. The number of allylic oxidation sites excluding steroid dienone is 13. The number of amides is 1. The van der Waals surface area contributed by atoms with Gasteiger partial charge in [0.1, 0.15) is 12.2 Å². The Hall–Kier alpha value is -2.95. The molecule has 0 aliphatic carbocycles. The van der Waals surface area contributed by atoms with Crippen molar-refractivity contribution in [1.82, 2.24) is 5.32 Å². The van der Waals surface area contributed by atoms with Crippen LogP contribution in [0.4, 0.5) is 0 Å². The number of nitrogens with one attached hydrogen (secondary N) is 1. The van der Waals surface area contributed by atoms with Gasteiger partial charge in [-0.05, 0) is 33.1 Å². The number of carbonyl (C=O) groups excluding carboxylic acids is 1. The summed E-state index contributed by atoms with van der Waals surface area (Å²) in [5.41, 5.74) is 1.83. The summed E-state index contributed by atoms with van der Waals surface area (Å²) in [6.07, 6.45) is 31.3. The first-order chi connectivity index (χ1) is 15.9. The Bertz CT molecular complexity index is 850. The first-order valence-corrected chi connectivity index (χ1v) is 11.6. The van der Waals surface area contributed by atoms with Gasteiger partial charge in [0.05, 0.1) is 0 Å². The van der Waals surface area contributed by atoms with E-state index >= 15 is 0 Å². The van der Waals surface area contributed by atoms with E-state index in [1.54, 1.807) is 36.5 Å². The van der Waals surface area contributed by atoms with E-state index in [0.29, 0.717) is 0 Å². The van der Waals surface area contributed by atoms with Gasteiger partial charge in [-0.25, -0.2) is 0 Å². The van der Waals surface area contributed by atoms with Gasteiger partial charge < -0.3 is 15.5 Å². The molecular formula is C29H39NO3. The number of aliphatic hydroxyl groups is 2. The fraction of sp³-hybridized carbons (Fsp3) is 0.345. The van der Waals surface area contributed by atoms with Crippen molar-refractivity contribution in [3.05, 3.63) is 108 Å². The van der Waals surface area contributed by atoms with Gasteiger partial charge in [0.15, 0.2) is 0 Å². The quantitative estimate of drug-likeness (QED) is 0.480. The molecule has 1 aliphatic rings. The van der Waals surface area contributed by atoms with Crippen LogP contribution in [0, 0.1) is 0 Å². The molecule has 1 rings (SSSR count). The highest BCUT2D eigenvalue weighted by Gasteiger charge is 2.09. The summed E-state index contributed by atoms with van der Waals surface area (Å²) in [7, 11) is 0. The van der Waals surface area contributed by atoms with E-state index < -0.39 is 12.2 Å². The monoisotopic (exact) mass is 449 g/mol. The summed E-state index contributed by atoms with van der Waals surface area (Å²) in [4.78, 5) is 12.4. The first-order valence-electron chi connectivity index (χ1n) is 11.6. The molecule has 0 aromatic rings. The molecule has 0 unspecified atom stereocenters. The smallest absolute Gasteiger partial charge is 0.244 e. The van der Waals surface area contributed by atoms with Crippen LogP contribution in [0.5, 0.6) is 0 Å². The van der Waals surface area contributed by atoms with E-state index in [1.165, 1.54) is 6.08 Å². The van der Waals surface area contributed by atoms with Gasteiger partial charge in [-0.3, -0.25) is 4.79 Å². The first kappa shape index (κ1) is 28.1. The largest absolute Gasteiger partial charge is 0.386 e. The molecule has 0 bridgehead atoms. The highest BCUT2D eigenvalue weighted by molar-refractivity contribution is 5.88. The van der Waals surface area contributed by atoms with Crippen LogP contribution < -0.4 is 5.32 Å². The lowest BCUT2D eigenvalue weighted by atomic mass is 10.1. The van der Waals surface area contributed by atoms with Gasteiger partial charge >= 0.3 is 0 Å². The SMILES string of the molecule is CCC/C=C/C=C/C[C@@H]1C/C=C/C=C(C)/C=C/C=C\[C@@H](O)[C@@H](O)/C=C(C)/C=C/C=C/C(=O)N1. The molecule has 33 heavy (non-hydrogen) atoms. The number of carbonyl (C=O) groups is 1. The number of unbranched alkanes of at least 4 members (excludes halogenated alkanes) is 1. The van der Waals surface area contributed by atoms with E-state index in [0.717, 1.165) is 36.8 Å². The fourth-order valence-electron chi connectivity index (χ4n) is 2.92. The van der Waals surface area contributed by atoms with Crippen molar-refractivity contribution < 1.29 is 15.0 Å². The van der Waals surface area contributed by atoms with E-state index in [1.807, 2.05) is 44.2 Å². The molecule has 3 N–H and O–H groups in total. The maximum atomic E-state index is 12.4. The fourth-order valence-corrected chi connectivity index (χ4v) is 2.92. The number of hydrogen-bond acceptors (Lipinski definition) is 3. The molecular weight excluding hydrogens is 410 g/mol. The Labute approximate surface area is 199 Å². The Kier molecular flexibility index (Phi) is 15.0. The second-order valence-electron chi connectivity index (χ2n) is 8.01. The zero-order chi connectivity index (χ0) is 24.3. The molecule has 0 radical (unpaired) electrons. The predicted octanol–water partition coefficient (Wildman–Crippen LogP) is 5.57. The van der Waals surface area contributed by atoms with Crippen molar-refractivity contribution >= 4 is 5.91 Å². The van der Waals surface area contributed by atoms with Gasteiger partial charge in [0.25, 0.3) is 0 Å². The minimum absolute atomic E-state index is 0.00533. The van der Waals surface area contributed by atoms with Crippen molar-refractivity contribution in [3.8, 4) is 0 Å². The average Bonchev–Trinajstić information content (AvgIpc) is 2.78. The molecule has 3 atom stereocenters. The molecule has 0 aromatic carbocycles. The van der Waals surface area contributed by atoms with Crippen LogP contribution in [0.3, 0.4) is 0 Å². The molecule has 4 heteroatoms. The highest BCUT2D eigenvalue weighted by Crippen LogP contribution is 2.06. The van der Waals surface area contributed by atoms with Gasteiger partial charge in [-0.1, -0.05) is 116 Å². The summed E-state index contributed by atoms with van der Waals surface area (Å²) in [5, 5.41) is 23.2. The second-order valence-corrected chi connectivity index (χ2v) is 8.01. The second kappa shape index (κ2) is 17.6. The van der Waals surface area contributed by atoms with Gasteiger partial charge in [-0.15, -0.1) is 0 Å². The molecule has 0 fully saturated rings. The summed E-state index contributed by atoms with van der Waals surface area (Å²) < 4.78 is 0. The van der Waals surface area contributed by atoms with Crippen LogP contribution in [0.15, 0.2) is 108 Å². The third-order valence-electron chi connectivity index (χ3n) is 4.80. The van der Waals surface area contributed by atoms with E-state index in [-0.39, 0.29) is 11.9 Å². The van der Waals surface area contributed by atoms with Gasteiger partial charge in [0, 0.05) is 12.1 Å². The maximum absolute atomic E-state index is 12.4. The van der Waals surface area contributed by atoms with Crippen LogP contribution in [0.25, 0.3) is 0 Å². The molecule has 0 spiro atoms. The number of aliphatic hydroxyl groups excluding tert-OH is 2. The lowest BCUT2D eigenvalue weighted by Gasteiger charge is -2.14. The summed E-state index contributed by atoms with van der Waals surface area (Å²) in [6, 6.07) is -0.00533. The van der Waals surface area contributed by atoms with E-state index in [9.17, 15) is 15.0 Å². The molecule has 1 aliphatic heterocycles. The zero-order valence-electron chi connectivity index (χ0n) is 20.1. The van der Waals surface area contributed by atoms with Crippen LogP contribution in [0.1, 0.15) is 46.5 Å². The molecule has 1 amide bonds. The van der Waals surface area contributed by atoms with Crippen LogP contribution in [-0.4, -0.2) is 34.4 Å². The maximum Gasteiger partial charge on any atom is 0.244 e. The molecule has 0 saturated heterocycles. The van der Waals surface area contributed by atoms with Crippen LogP contribution in [0.2, 0.25) is 0 Å². The number of hydrogen-bond donors (Lipinski definition) is 3. The minimum Gasteiger partial charge on any atom is -0.386 e. The number of rotatable bonds is 5. The predicted molar refractivity (Wildman–Crippen MR) is 140 cm³/mol. The van der Waals surface area contributed by atoms with E-state index in [2.05, 4.69) is 36.5 Å². The van der Waals surface area contributed by atoms with E-state index in [4.69, 9.17) is 0 Å². The van der Waals surface area contributed by atoms with Crippen LogP contribution >= 0.6 is 0 Å². The van der Waals surface area contributed by atoms with Crippen molar-refractivity contribution in [3.63, 3.8) is 0 Å². The normalized spacial score (nSPS) is 31.7. The summed E-state index contributed by atoms with van der Waals surface area (Å²) >= 11 is 0. The highest BCUT2D eigenvalue weighted by atomic mass is 16.3. The topological polar surface area (TPSA) is 69.6 Å². The Morgan fingerprint density at radius 3 is 2.42 bits per heavy atom. The standard InChI is InChI=1S/C29H39NO3/c1-4-5-6-7-8-9-19-26-20-13-10-16-24(2)17-11-14-21-27(31)28(32)23-25(3)18-12-15-22-29(33)30-26/h6-18,21-23,26-28,31-32H,4-5,19-20H2,1-3H3,(H,30,33)/b7-6+,9-8+,13-10+,17-11+,18-12+,21-14-,22-15+,24-16+,25-23+/t26-,27-,28+/m1/s1. The molecule has 178 valence electrons. The lowest BCUT2D eigenvalue weighted by molar-refractivity contribution is -0.117. The van der Waals surface area contributed by atoms with Crippen molar-refractivity contribution in [1.29, 1.82) is 0 Å². The Morgan fingerprint density at radius 2 is 1.64 bits per heavy atom. The molecule has 0 aromatic heterocycles. The summed E-state index contributed by atoms with van der Waals surface area (Å²) in [6.45, 7) is 5.96. The summed E-state index contributed by atoms with van der Waals surface area (Å²) in [5.74, 6) is -0.153. The van der Waals surface area contributed by atoms with Gasteiger partial charge in [-0.2, -0.15) is 0 Å². The zero-order valence-corrected chi connectivity index (χ0v) is 20.1. The molecule has 0 saturated carbocycles. The van der Waals surface area contributed by atoms with Crippen LogP contribution in [-0.2, 0) is 4.79 Å². The third kappa shape index (κ3) is 14.7. The Morgan fingerprint density at radius 1 is 0.939 bits per heavy atom. The molecule has 4 nitrogen and oxygen atoms in total. The average molecular weight is 450 g/mol. The molecule has 1 heterocycles. The lowest BCUT2D eigenvalue weighted by Crippen LogP contribution is -2.32. The van der Waals surface area contributed by atoms with Crippen molar-refractivity contribution in [2.45, 2.75) is 64.7 Å².